The molecule has 3 nitrogen and oxygen atoms in total. The van der Waals surface area contributed by atoms with E-state index < -0.39 is 0 Å². The lowest BCUT2D eigenvalue weighted by atomic mass is 10.1. The summed E-state index contributed by atoms with van der Waals surface area (Å²) in [6.45, 7) is 2.32. The fourth-order valence-electron chi connectivity index (χ4n) is 2.25. The van der Waals surface area contributed by atoms with Gasteiger partial charge >= 0.3 is 0 Å². The van der Waals surface area contributed by atoms with Gasteiger partial charge in [0.15, 0.2) is 0 Å². The summed E-state index contributed by atoms with van der Waals surface area (Å²) in [5, 5.41) is 0.909. The van der Waals surface area contributed by atoms with Crippen molar-refractivity contribution in [2.75, 3.05) is 25.1 Å². The van der Waals surface area contributed by atoms with Crippen LogP contribution in [-0.2, 0) is 9.53 Å². The zero-order valence-electron chi connectivity index (χ0n) is 8.25. The number of carbonyl (C=O) groups excluding carboxylic acids is 1. The zero-order valence-corrected chi connectivity index (χ0v) is 9.83. The molecule has 0 saturated carbocycles. The third-order valence-electron chi connectivity index (χ3n) is 3.12. The van der Waals surface area contributed by atoms with Gasteiger partial charge in [0.25, 0.3) is 0 Å². The molecule has 0 aromatic rings. The van der Waals surface area contributed by atoms with Crippen LogP contribution in [0.4, 0.5) is 0 Å². The molecule has 1 amide bonds. The van der Waals surface area contributed by atoms with Gasteiger partial charge in [-0.1, -0.05) is 15.9 Å². The highest BCUT2D eigenvalue weighted by Crippen LogP contribution is 2.24. The van der Waals surface area contributed by atoms with Gasteiger partial charge in [-0.05, 0) is 19.3 Å². The summed E-state index contributed by atoms with van der Waals surface area (Å²) in [4.78, 5) is 14.1. The van der Waals surface area contributed by atoms with Crippen LogP contribution in [0.25, 0.3) is 0 Å². The van der Waals surface area contributed by atoms with Gasteiger partial charge in [-0.25, -0.2) is 0 Å². The van der Waals surface area contributed by atoms with Crippen molar-refractivity contribution in [2.24, 2.45) is 5.92 Å². The summed E-state index contributed by atoms with van der Waals surface area (Å²) in [5.74, 6) is 0.444. The summed E-state index contributed by atoms with van der Waals surface area (Å²) in [6, 6.07) is 0.420. The fourth-order valence-corrected chi connectivity index (χ4v) is 2.92. The predicted octanol–water partition coefficient (Wildman–Crippen LogP) is 1.41. The number of alkyl halides is 1. The molecule has 2 heterocycles. The molecule has 0 radical (unpaired) electrons. The van der Waals surface area contributed by atoms with Crippen LogP contribution in [0, 0.1) is 5.92 Å². The number of carbonyl (C=O) groups is 1. The average Bonchev–Trinajstić information content (AvgIpc) is 2.87. The van der Waals surface area contributed by atoms with Gasteiger partial charge in [-0.2, -0.15) is 0 Å². The average molecular weight is 262 g/mol. The molecule has 0 N–H and O–H groups in total. The highest BCUT2D eigenvalue weighted by Gasteiger charge is 2.33. The number of amides is 1. The first-order valence-corrected chi connectivity index (χ1v) is 6.39. The first-order valence-electron chi connectivity index (χ1n) is 5.27. The fraction of sp³-hybridized carbons (Fsp3) is 0.900. The maximum Gasteiger partial charge on any atom is 0.228 e. The maximum absolute atomic E-state index is 12.0. The molecular formula is C10H16BrNO2. The van der Waals surface area contributed by atoms with Gasteiger partial charge in [0, 0.05) is 24.5 Å². The third kappa shape index (κ3) is 1.96. The van der Waals surface area contributed by atoms with E-state index in [1.807, 2.05) is 4.90 Å². The number of hydrogen-bond acceptors (Lipinski definition) is 2. The van der Waals surface area contributed by atoms with Crippen molar-refractivity contribution in [3.05, 3.63) is 0 Å². The number of rotatable bonds is 2. The van der Waals surface area contributed by atoms with E-state index >= 15 is 0 Å². The Hall–Kier alpha value is -0.0900. The van der Waals surface area contributed by atoms with Crippen molar-refractivity contribution in [2.45, 2.75) is 25.3 Å². The van der Waals surface area contributed by atoms with Gasteiger partial charge in [-0.3, -0.25) is 4.79 Å². The summed E-state index contributed by atoms with van der Waals surface area (Å²) in [7, 11) is 0. The van der Waals surface area contributed by atoms with Crippen LogP contribution in [0.3, 0.4) is 0 Å². The standard InChI is InChI=1S/C10H16BrNO2/c11-6-9-2-1-4-12(9)10(13)8-3-5-14-7-8/h8-9H,1-7H2/t8?,9-/m1/s1. The van der Waals surface area contributed by atoms with Crippen LogP contribution in [0.15, 0.2) is 0 Å². The Balaban J connectivity index is 1.95. The van der Waals surface area contributed by atoms with E-state index in [0.29, 0.717) is 18.6 Å². The SMILES string of the molecule is O=C(C1CCOC1)N1CCC[C@@H]1CBr. The topological polar surface area (TPSA) is 29.5 Å². The molecule has 0 aliphatic carbocycles. The molecule has 0 aromatic heterocycles. The normalized spacial score (nSPS) is 32.5. The molecule has 2 aliphatic heterocycles. The molecule has 1 unspecified atom stereocenters. The smallest absolute Gasteiger partial charge is 0.228 e. The summed E-state index contributed by atoms with van der Waals surface area (Å²) in [5.41, 5.74) is 0. The van der Waals surface area contributed by atoms with Crippen LogP contribution in [0.1, 0.15) is 19.3 Å². The van der Waals surface area contributed by atoms with Crippen molar-refractivity contribution in [1.29, 1.82) is 0 Å². The molecule has 2 aliphatic rings. The maximum atomic E-state index is 12.0. The quantitative estimate of drug-likeness (QED) is 0.704. The van der Waals surface area contributed by atoms with E-state index in [2.05, 4.69) is 15.9 Å². The summed E-state index contributed by atoms with van der Waals surface area (Å²) >= 11 is 3.47. The Morgan fingerprint density at radius 2 is 2.36 bits per heavy atom. The minimum atomic E-state index is 0.134. The van der Waals surface area contributed by atoms with Gasteiger partial charge in [-0.15, -0.1) is 0 Å². The van der Waals surface area contributed by atoms with E-state index in [9.17, 15) is 4.79 Å². The Morgan fingerprint density at radius 1 is 1.50 bits per heavy atom. The zero-order chi connectivity index (χ0) is 9.97. The van der Waals surface area contributed by atoms with E-state index in [1.54, 1.807) is 0 Å². The van der Waals surface area contributed by atoms with E-state index in [0.717, 1.165) is 37.7 Å². The second-order valence-electron chi connectivity index (χ2n) is 4.04. The lowest BCUT2D eigenvalue weighted by Gasteiger charge is -2.25. The van der Waals surface area contributed by atoms with E-state index in [1.165, 1.54) is 0 Å². The van der Waals surface area contributed by atoms with Crippen molar-refractivity contribution in [3.8, 4) is 0 Å². The van der Waals surface area contributed by atoms with Gasteiger partial charge in [0.2, 0.25) is 5.91 Å². The Kier molecular flexibility index (Phi) is 3.44. The molecule has 4 heteroatoms. The highest BCUT2D eigenvalue weighted by atomic mass is 79.9. The van der Waals surface area contributed by atoms with Crippen molar-refractivity contribution in [3.63, 3.8) is 0 Å². The summed E-state index contributed by atoms with van der Waals surface area (Å²) in [6.07, 6.45) is 3.20. The lowest BCUT2D eigenvalue weighted by Crippen LogP contribution is -2.40. The molecule has 0 spiro atoms. The molecule has 2 fully saturated rings. The van der Waals surface area contributed by atoms with Crippen LogP contribution in [-0.4, -0.2) is 41.9 Å². The number of halogens is 1. The van der Waals surface area contributed by atoms with Crippen molar-refractivity contribution >= 4 is 21.8 Å². The van der Waals surface area contributed by atoms with Crippen LogP contribution in [0.2, 0.25) is 0 Å². The van der Waals surface area contributed by atoms with Crippen molar-refractivity contribution in [1.82, 2.24) is 4.90 Å². The molecule has 0 bridgehead atoms. The minimum Gasteiger partial charge on any atom is -0.381 e. The Morgan fingerprint density at radius 3 is 3.00 bits per heavy atom. The monoisotopic (exact) mass is 261 g/mol. The molecule has 2 atom stereocenters. The molecule has 0 aromatic carbocycles. The predicted molar refractivity (Wildman–Crippen MR) is 57.5 cm³/mol. The second-order valence-corrected chi connectivity index (χ2v) is 4.69. The lowest BCUT2D eigenvalue weighted by molar-refractivity contribution is -0.135. The highest BCUT2D eigenvalue weighted by molar-refractivity contribution is 9.09. The van der Waals surface area contributed by atoms with Crippen molar-refractivity contribution < 1.29 is 9.53 Å². The summed E-state index contributed by atoms with van der Waals surface area (Å²) < 4.78 is 5.25. The number of nitrogens with zero attached hydrogens (tertiary/aromatic N) is 1. The van der Waals surface area contributed by atoms with Gasteiger partial charge in [0.1, 0.15) is 0 Å². The number of hydrogen-bond donors (Lipinski definition) is 0. The Bertz CT molecular complexity index is 216. The van der Waals surface area contributed by atoms with Gasteiger partial charge < -0.3 is 9.64 Å². The second kappa shape index (κ2) is 4.62. The first-order chi connectivity index (χ1) is 6.83. The number of likely N-dealkylation sites (tertiary alicyclic amines) is 1. The first kappa shape index (κ1) is 10.4. The minimum absolute atomic E-state index is 0.134. The Labute approximate surface area is 92.9 Å². The largest absolute Gasteiger partial charge is 0.381 e. The van der Waals surface area contributed by atoms with Crippen LogP contribution in [0.5, 0.6) is 0 Å². The van der Waals surface area contributed by atoms with Crippen LogP contribution < -0.4 is 0 Å². The van der Waals surface area contributed by atoms with E-state index in [4.69, 9.17) is 4.74 Å². The number of ether oxygens (including phenoxy) is 1. The molecule has 14 heavy (non-hydrogen) atoms. The molecule has 2 rings (SSSR count). The molecule has 80 valence electrons. The van der Waals surface area contributed by atoms with Gasteiger partial charge in [0.05, 0.1) is 12.5 Å². The molecule has 2 saturated heterocycles. The van der Waals surface area contributed by atoms with Crippen LogP contribution >= 0.6 is 15.9 Å². The molecular weight excluding hydrogens is 246 g/mol. The third-order valence-corrected chi connectivity index (χ3v) is 3.86. The van der Waals surface area contributed by atoms with E-state index in [-0.39, 0.29) is 5.92 Å².